The molecule has 0 N–H and O–H groups in total. The molecule has 8 nitrogen and oxygen atoms in total. The van der Waals surface area contributed by atoms with Crippen LogP contribution in [0.2, 0.25) is 0 Å². The van der Waals surface area contributed by atoms with Crippen LogP contribution < -0.4 is 0 Å². The Morgan fingerprint density at radius 1 is 0.565 bits per heavy atom. The minimum Gasteiger partial charge on any atom is -0.375 e. The van der Waals surface area contributed by atoms with E-state index in [9.17, 15) is 0 Å². The second-order valence-corrected chi connectivity index (χ2v) is 18.5. The molecule has 0 aliphatic carbocycles. The van der Waals surface area contributed by atoms with E-state index in [1.807, 2.05) is 0 Å². The SMILES string of the molecule is CC(C)(C)OCCN1CCN(CC2CCN(C(C)(C)CCC(C)(C)OC3CN(CCCN4CCN(C(C)(C)C)CC4)C3)CC2)CC1. The second-order valence-electron chi connectivity index (χ2n) is 18.5. The maximum absolute atomic E-state index is 6.68. The van der Waals surface area contributed by atoms with Crippen LogP contribution in [0.4, 0.5) is 0 Å². The number of ether oxygens (including phenoxy) is 2. The van der Waals surface area contributed by atoms with Gasteiger partial charge in [0.2, 0.25) is 0 Å². The third-order valence-corrected chi connectivity index (χ3v) is 11.4. The van der Waals surface area contributed by atoms with Crippen LogP contribution in [0.3, 0.4) is 0 Å². The first-order valence-corrected chi connectivity index (χ1v) is 19.2. The minimum absolute atomic E-state index is 0.0312. The fraction of sp³-hybridized carbons (Fsp3) is 1.00. The molecule has 4 aliphatic heterocycles. The molecule has 0 bridgehead atoms. The topological polar surface area (TPSA) is 37.9 Å². The maximum Gasteiger partial charge on any atom is 0.0835 e. The molecule has 0 aromatic carbocycles. The molecule has 0 atom stereocenters. The van der Waals surface area contributed by atoms with Crippen LogP contribution in [-0.2, 0) is 9.47 Å². The molecule has 0 aromatic rings. The van der Waals surface area contributed by atoms with Crippen molar-refractivity contribution in [3.63, 3.8) is 0 Å². The highest BCUT2D eigenvalue weighted by molar-refractivity contribution is 4.90. The summed E-state index contributed by atoms with van der Waals surface area (Å²) >= 11 is 0. The highest BCUT2D eigenvalue weighted by atomic mass is 16.5. The Labute approximate surface area is 285 Å². The molecule has 0 aromatic heterocycles. The van der Waals surface area contributed by atoms with Crippen molar-refractivity contribution in [2.24, 2.45) is 5.92 Å². The summed E-state index contributed by atoms with van der Waals surface area (Å²) in [6.45, 7) is 43.1. The van der Waals surface area contributed by atoms with Crippen LogP contribution in [0.25, 0.3) is 0 Å². The molecule has 8 heteroatoms. The van der Waals surface area contributed by atoms with Crippen molar-refractivity contribution in [3.05, 3.63) is 0 Å². The number of piperidine rings is 1. The Morgan fingerprint density at radius 2 is 1.11 bits per heavy atom. The van der Waals surface area contributed by atoms with E-state index in [0.717, 1.165) is 38.6 Å². The molecule has 4 heterocycles. The van der Waals surface area contributed by atoms with Crippen molar-refractivity contribution in [2.75, 3.05) is 111 Å². The number of nitrogens with zero attached hydrogens (tertiary/aromatic N) is 6. The summed E-state index contributed by atoms with van der Waals surface area (Å²) in [7, 11) is 0. The molecule has 4 aliphatic rings. The van der Waals surface area contributed by atoms with Gasteiger partial charge in [0.15, 0.2) is 0 Å². The van der Waals surface area contributed by atoms with Crippen molar-refractivity contribution >= 4 is 0 Å². The summed E-state index contributed by atoms with van der Waals surface area (Å²) in [5.41, 5.74) is 0.450. The highest BCUT2D eigenvalue weighted by Gasteiger charge is 2.36. The monoisotopic (exact) mass is 649 g/mol. The largest absolute Gasteiger partial charge is 0.375 e. The van der Waals surface area contributed by atoms with Gasteiger partial charge in [-0.25, -0.2) is 0 Å². The standard InChI is InChI=1S/C38H76N6O2/c1-35(2,3)43-26-24-39(25-27-43)16-11-17-42-31-34(32-42)46-38(9,10)15-14-37(7,8)44-18-12-33(13-19-44)30-41-22-20-40(21-23-41)28-29-45-36(4,5)6/h33-34H,11-32H2,1-10H3. The van der Waals surface area contributed by atoms with Gasteiger partial charge in [0, 0.05) is 89.6 Å². The van der Waals surface area contributed by atoms with Gasteiger partial charge in [-0.2, -0.15) is 0 Å². The molecule has 270 valence electrons. The molecule has 46 heavy (non-hydrogen) atoms. The highest BCUT2D eigenvalue weighted by Crippen LogP contribution is 2.32. The summed E-state index contributed by atoms with van der Waals surface area (Å²) < 4.78 is 12.6. The summed E-state index contributed by atoms with van der Waals surface area (Å²) in [5, 5.41) is 0. The van der Waals surface area contributed by atoms with Crippen LogP contribution in [-0.4, -0.2) is 169 Å². The fourth-order valence-corrected chi connectivity index (χ4v) is 7.98. The van der Waals surface area contributed by atoms with Crippen LogP contribution in [0.15, 0.2) is 0 Å². The van der Waals surface area contributed by atoms with E-state index in [1.165, 1.54) is 111 Å². The Kier molecular flexibility index (Phi) is 13.9. The zero-order valence-electron chi connectivity index (χ0n) is 32.2. The van der Waals surface area contributed by atoms with Crippen LogP contribution in [0.5, 0.6) is 0 Å². The third kappa shape index (κ3) is 12.9. The van der Waals surface area contributed by atoms with Gasteiger partial charge in [-0.1, -0.05) is 0 Å². The molecule has 4 fully saturated rings. The van der Waals surface area contributed by atoms with Crippen molar-refractivity contribution in [3.8, 4) is 0 Å². The van der Waals surface area contributed by atoms with E-state index in [4.69, 9.17) is 9.47 Å². The predicted molar refractivity (Wildman–Crippen MR) is 194 cm³/mol. The Bertz CT molecular complexity index is 869. The normalized spacial score (nSPS) is 24.1. The average molecular weight is 649 g/mol. The number of likely N-dealkylation sites (tertiary alicyclic amines) is 2. The van der Waals surface area contributed by atoms with E-state index in [-0.39, 0.29) is 16.7 Å². The van der Waals surface area contributed by atoms with Crippen molar-refractivity contribution in [2.45, 2.75) is 130 Å². The molecule has 4 saturated heterocycles. The van der Waals surface area contributed by atoms with Crippen molar-refractivity contribution in [1.82, 2.24) is 29.4 Å². The Balaban J connectivity index is 1.04. The summed E-state index contributed by atoms with van der Waals surface area (Å²) in [6.07, 6.45) is 6.69. The first-order chi connectivity index (χ1) is 21.5. The predicted octanol–water partition coefficient (Wildman–Crippen LogP) is 4.98. The molecule has 0 spiro atoms. The lowest BCUT2D eigenvalue weighted by Crippen LogP contribution is -2.56. The quantitative estimate of drug-likeness (QED) is 0.247. The average Bonchev–Trinajstić information content (AvgIpc) is 2.95. The molecule has 0 amide bonds. The van der Waals surface area contributed by atoms with E-state index in [2.05, 4.69) is 98.6 Å². The fourth-order valence-electron chi connectivity index (χ4n) is 7.98. The zero-order chi connectivity index (χ0) is 33.6. The van der Waals surface area contributed by atoms with Gasteiger partial charge in [-0.05, 0) is 133 Å². The van der Waals surface area contributed by atoms with Gasteiger partial charge in [0.25, 0.3) is 0 Å². The minimum atomic E-state index is -0.0555. The van der Waals surface area contributed by atoms with Crippen LogP contribution in [0.1, 0.15) is 101 Å². The van der Waals surface area contributed by atoms with Gasteiger partial charge in [-0.3, -0.25) is 19.6 Å². The van der Waals surface area contributed by atoms with E-state index >= 15 is 0 Å². The molecule has 0 unspecified atom stereocenters. The lowest BCUT2D eigenvalue weighted by molar-refractivity contribution is -0.138. The van der Waals surface area contributed by atoms with Gasteiger partial charge in [0.05, 0.1) is 23.9 Å². The third-order valence-electron chi connectivity index (χ3n) is 11.4. The maximum atomic E-state index is 6.68. The summed E-state index contributed by atoms with van der Waals surface area (Å²) in [6, 6.07) is 0. The van der Waals surface area contributed by atoms with Gasteiger partial charge in [-0.15, -0.1) is 0 Å². The van der Waals surface area contributed by atoms with Crippen molar-refractivity contribution < 1.29 is 9.47 Å². The smallest absolute Gasteiger partial charge is 0.0835 e. The molecule has 4 rings (SSSR count). The van der Waals surface area contributed by atoms with E-state index in [1.54, 1.807) is 0 Å². The Morgan fingerprint density at radius 3 is 1.70 bits per heavy atom. The zero-order valence-corrected chi connectivity index (χ0v) is 32.2. The first kappa shape index (κ1) is 38.5. The lowest BCUT2D eigenvalue weighted by atomic mass is 9.86. The number of hydrogen-bond donors (Lipinski definition) is 0. The number of piperazine rings is 2. The molecule has 0 radical (unpaired) electrons. The first-order valence-electron chi connectivity index (χ1n) is 19.2. The van der Waals surface area contributed by atoms with Gasteiger partial charge in [0.1, 0.15) is 0 Å². The van der Waals surface area contributed by atoms with Crippen LogP contribution >= 0.6 is 0 Å². The Hall–Kier alpha value is -0.320. The molecular weight excluding hydrogens is 572 g/mol. The number of rotatable bonds is 15. The second kappa shape index (κ2) is 16.6. The van der Waals surface area contributed by atoms with E-state index < -0.39 is 0 Å². The lowest BCUT2D eigenvalue weighted by Gasteiger charge is -2.47. The summed E-state index contributed by atoms with van der Waals surface area (Å²) in [5.74, 6) is 0.850. The number of hydrogen-bond acceptors (Lipinski definition) is 8. The molecular formula is C38H76N6O2. The van der Waals surface area contributed by atoms with Crippen molar-refractivity contribution in [1.29, 1.82) is 0 Å². The summed E-state index contributed by atoms with van der Waals surface area (Å²) in [4.78, 5) is 16.0. The molecule has 0 saturated carbocycles. The van der Waals surface area contributed by atoms with E-state index in [0.29, 0.717) is 11.6 Å². The van der Waals surface area contributed by atoms with Crippen LogP contribution in [0, 0.1) is 5.92 Å². The van der Waals surface area contributed by atoms with Gasteiger partial charge >= 0.3 is 0 Å². The van der Waals surface area contributed by atoms with Gasteiger partial charge < -0.3 is 19.3 Å².